The van der Waals surface area contributed by atoms with Crippen molar-refractivity contribution in [1.82, 2.24) is 15.5 Å². The lowest BCUT2D eigenvalue weighted by atomic mass is 10.0. The van der Waals surface area contributed by atoms with Crippen LogP contribution in [0.1, 0.15) is 42.1 Å². The van der Waals surface area contributed by atoms with Crippen LogP contribution in [0, 0.1) is 20.8 Å². The highest BCUT2D eigenvalue weighted by Gasteiger charge is 2.20. The smallest absolute Gasteiger partial charge is 0.320 e. The van der Waals surface area contributed by atoms with Crippen molar-refractivity contribution in [3.63, 3.8) is 0 Å². The van der Waals surface area contributed by atoms with E-state index in [1.54, 1.807) is 6.07 Å². The maximum absolute atomic E-state index is 12.1. The van der Waals surface area contributed by atoms with Crippen molar-refractivity contribution in [2.75, 3.05) is 5.32 Å². The van der Waals surface area contributed by atoms with E-state index < -0.39 is 0 Å². The van der Waals surface area contributed by atoms with Crippen molar-refractivity contribution in [3.05, 3.63) is 40.9 Å². The van der Waals surface area contributed by atoms with Gasteiger partial charge >= 0.3 is 6.03 Å². The Morgan fingerprint density at radius 1 is 1.33 bits per heavy atom. The van der Waals surface area contributed by atoms with Crippen LogP contribution in [-0.4, -0.2) is 16.2 Å². The van der Waals surface area contributed by atoms with E-state index in [2.05, 4.69) is 20.8 Å². The predicted octanol–water partition coefficient (Wildman–Crippen LogP) is 3.27. The second-order valence-electron chi connectivity index (χ2n) is 4.96. The molecule has 0 aliphatic rings. The fraction of sp³-hybridized carbons (Fsp3) is 0.400. The number of hydrogen-bond donors (Lipinski definition) is 2. The van der Waals surface area contributed by atoms with Gasteiger partial charge in [0.15, 0.2) is 0 Å². The Kier molecular flexibility index (Phi) is 4.57. The van der Waals surface area contributed by atoms with Gasteiger partial charge in [-0.1, -0.05) is 18.1 Å². The summed E-state index contributed by atoms with van der Waals surface area (Å²) < 4.78 is 5.16. The normalized spacial score (nSPS) is 12.0. The zero-order valence-corrected chi connectivity index (χ0v) is 12.7. The van der Waals surface area contributed by atoms with Crippen LogP contribution in [0.3, 0.4) is 0 Å². The minimum absolute atomic E-state index is 0.138. The number of anilines is 1. The first-order chi connectivity index (χ1) is 10.0. The molecule has 0 radical (unpaired) electrons. The molecule has 0 saturated heterocycles. The van der Waals surface area contributed by atoms with Crippen molar-refractivity contribution in [2.45, 2.75) is 40.2 Å². The van der Waals surface area contributed by atoms with E-state index in [4.69, 9.17) is 4.52 Å². The molecule has 2 aromatic heterocycles. The van der Waals surface area contributed by atoms with E-state index in [-0.39, 0.29) is 12.1 Å². The molecule has 0 fully saturated rings. The Bertz CT molecular complexity index is 617. The van der Waals surface area contributed by atoms with Gasteiger partial charge in [-0.25, -0.2) is 9.78 Å². The summed E-state index contributed by atoms with van der Waals surface area (Å²) in [5, 5.41) is 9.59. The quantitative estimate of drug-likeness (QED) is 0.904. The fourth-order valence-electron chi connectivity index (χ4n) is 2.29. The molecule has 2 N–H and O–H groups in total. The highest BCUT2D eigenvalue weighted by Crippen LogP contribution is 2.23. The van der Waals surface area contributed by atoms with E-state index in [0.717, 1.165) is 29.1 Å². The third kappa shape index (κ3) is 3.59. The molecule has 21 heavy (non-hydrogen) atoms. The van der Waals surface area contributed by atoms with Crippen molar-refractivity contribution >= 4 is 11.8 Å². The SMILES string of the molecule is CCC(NC(=O)Nc1cccc(C)n1)c1c(C)noc1C. The highest BCUT2D eigenvalue weighted by atomic mass is 16.5. The van der Waals surface area contributed by atoms with Crippen molar-refractivity contribution in [3.8, 4) is 0 Å². The lowest BCUT2D eigenvalue weighted by Gasteiger charge is -2.17. The van der Waals surface area contributed by atoms with Gasteiger partial charge in [-0.3, -0.25) is 5.32 Å². The summed E-state index contributed by atoms with van der Waals surface area (Å²) in [7, 11) is 0. The van der Waals surface area contributed by atoms with E-state index in [0.29, 0.717) is 5.82 Å². The van der Waals surface area contributed by atoms with Crippen molar-refractivity contribution in [1.29, 1.82) is 0 Å². The Morgan fingerprint density at radius 3 is 2.67 bits per heavy atom. The van der Waals surface area contributed by atoms with Gasteiger partial charge in [0.1, 0.15) is 11.6 Å². The van der Waals surface area contributed by atoms with Gasteiger partial charge < -0.3 is 9.84 Å². The van der Waals surface area contributed by atoms with Crippen molar-refractivity contribution in [2.24, 2.45) is 0 Å². The summed E-state index contributed by atoms with van der Waals surface area (Å²) in [6, 6.07) is 5.05. The van der Waals surface area contributed by atoms with Gasteiger partial charge in [0.2, 0.25) is 0 Å². The molecule has 0 aromatic carbocycles. The van der Waals surface area contributed by atoms with E-state index >= 15 is 0 Å². The molecule has 2 amide bonds. The number of nitrogens with one attached hydrogen (secondary N) is 2. The molecule has 112 valence electrons. The summed E-state index contributed by atoms with van der Waals surface area (Å²) >= 11 is 0. The zero-order chi connectivity index (χ0) is 15.4. The number of urea groups is 1. The van der Waals surface area contributed by atoms with E-state index in [1.165, 1.54) is 0 Å². The van der Waals surface area contributed by atoms with Crippen LogP contribution in [0.2, 0.25) is 0 Å². The van der Waals surface area contributed by atoms with Gasteiger partial charge in [0.25, 0.3) is 0 Å². The van der Waals surface area contributed by atoms with Crippen LogP contribution in [0.15, 0.2) is 22.7 Å². The maximum atomic E-state index is 12.1. The summed E-state index contributed by atoms with van der Waals surface area (Å²) in [4.78, 5) is 16.3. The molecule has 2 aromatic rings. The highest BCUT2D eigenvalue weighted by molar-refractivity contribution is 5.88. The molecular weight excluding hydrogens is 268 g/mol. The number of carbonyl (C=O) groups is 1. The third-order valence-corrected chi connectivity index (χ3v) is 3.28. The molecule has 6 nitrogen and oxygen atoms in total. The molecule has 1 unspecified atom stereocenters. The minimum atomic E-state index is -0.292. The van der Waals surface area contributed by atoms with Crippen LogP contribution in [0.5, 0.6) is 0 Å². The van der Waals surface area contributed by atoms with Gasteiger partial charge in [-0.15, -0.1) is 0 Å². The molecule has 0 aliphatic carbocycles. The van der Waals surface area contributed by atoms with Gasteiger partial charge in [0.05, 0.1) is 11.7 Å². The number of hydrogen-bond acceptors (Lipinski definition) is 4. The number of nitrogens with zero attached hydrogens (tertiary/aromatic N) is 2. The second-order valence-corrected chi connectivity index (χ2v) is 4.96. The number of pyridine rings is 1. The Balaban J connectivity index is 2.07. The standard InChI is InChI=1S/C15H20N4O2/c1-5-12(14-10(3)19-21-11(14)4)17-15(20)18-13-8-6-7-9(2)16-13/h6-8,12H,5H2,1-4H3,(H2,16,17,18,20). The molecule has 0 aliphatic heterocycles. The summed E-state index contributed by atoms with van der Waals surface area (Å²) in [5.74, 6) is 1.26. The first-order valence-corrected chi connectivity index (χ1v) is 6.95. The molecule has 2 heterocycles. The maximum Gasteiger partial charge on any atom is 0.320 e. The number of aromatic nitrogens is 2. The number of carbonyl (C=O) groups excluding carboxylic acids is 1. The lowest BCUT2D eigenvalue weighted by molar-refractivity contribution is 0.248. The molecule has 0 spiro atoms. The zero-order valence-electron chi connectivity index (χ0n) is 12.7. The van der Waals surface area contributed by atoms with Crippen LogP contribution < -0.4 is 10.6 Å². The van der Waals surface area contributed by atoms with Crippen LogP contribution >= 0.6 is 0 Å². The van der Waals surface area contributed by atoms with Gasteiger partial charge in [0, 0.05) is 11.3 Å². The van der Waals surface area contributed by atoms with Gasteiger partial charge in [-0.05, 0) is 39.3 Å². The predicted molar refractivity (Wildman–Crippen MR) is 80.1 cm³/mol. The monoisotopic (exact) mass is 288 g/mol. The topological polar surface area (TPSA) is 80.0 Å². The molecule has 6 heteroatoms. The Labute approximate surface area is 123 Å². The average molecular weight is 288 g/mol. The first-order valence-electron chi connectivity index (χ1n) is 6.95. The molecule has 0 bridgehead atoms. The molecule has 1 atom stereocenters. The lowest BCUT2D eigenvalue weighted by Crippen LogP contribution is -2.33. The third-order valence-electron chi connectivity index (χ3n) is 3.28. The molecular formula is C15H20N4O2. The fourth-order valence-corrected chi connectivity index (χ4v) is 2.29. The number of aryl methyl sites for hydroxylation is 3. The van der Waals surface area contributed by atoms with E-state index in [9.17, 15) is 4.79 Å². The second kappa shape index (κ2) is 6.39. The molecule has 0 saturated carbocycles. The van der Waals surface area contributed by atoms with Crippen LogP contribution in [0.25, 0.3) is 0 Å². The minimum Gasteiger partial charge on any atom is -0.361 e. The van der Waals surface area contributed by atoms with Crippen molar-refractivity contribution < 1.29 is 9.32 Å². The summed E-state index contributed by atoms with van der Waals surface area (Å²) in [6.07, 6.45) is 0.748. The van der Waals surface area contributed by atoms with Gasteiger partial charge in [-0.2, -0.15) is 0 Å². The number of rotatable bonds is 4. The summed E-state index contributed by atoms with van der Waals surface area (Å²) in [5.41, 5.74) is 2.59. The van der Waals surface area contributed by atoms with Crippen LogP contribution in [-0.2, 0) is 0 Å². The molecule has 2 rings (SSSR count). The number of amides is 2. The first kappa shape index (κ1) is 15.0. The summed E-state index contributed by atoms with van der Waals surface area (Å²) in [6.45, 7) is 7.60. The van der Waals surface area contributed by atoms with E-state index in [1.807, 2.05) is 39.8 Å². The Morgan fingerprint density at radius 2 is 2.10 bits per heavy atom. The largest absolute Gasteiger partial charge is 0.361 e. The van der Waals surface area contributed by atoms with Crippen LogP contribution in [0.4, 0.5) is 10.6 Å². The Hall–Kier alpha value is -2.37. The average Bonchev–Trinajstić information content (AvgIpc) is 2.76.